The molecule has 0 atom stereocenters. The van der Waals surface area contributed by atoms with Crippen LogP contribution in [0.3, 0.4) is 0 Å². The molecule has 0 heterocycles. The number of carbonyl (C=O) groups excluding carboxylic acids is 1. The molecule has 1 N–H and O–H groups in total. The average Bonchev–Trinajstić information content (AvgIpc) is 2.64. The van der Waals surface area contributed by atoms with E-state index in [9.17, 15) is 4.79 Å². The zero-order valence-electron chi connectivity index (χ0n) is 15.2. The number of methoxy groups -OCH3 is 3. The van der Waals surface area contributed by atoms with Gasteiger partial charge in [-0.3, -0.25) is 4.79 Å². The van der Waals surface area contributed by atoms with Crippen LogP contribution in [-0.4, -0.2) is 27.2 Å². The highest BCUT2D eigenvalue weighted by molar-refractivity contribution is 5.76. The van der Waals surface area contributed by atoms with Crippen LogP contribution in [-0.2, 0) is 17.8 Å². The lowest BCUT2D eigenvalue weighted by molar-refractivity contribution is -0.121. The van der Waals surface area contributed by atoms with E-state index in [1.54, 1.807) is 21.3 Å². The number of hydrogen-bond donors (Lipinski definition) is 1. The standard InChI is InChI=1S/C20H25NO4/c1-14-7-5-6-8-16(14)13-21-19(22)10-9-15-11-17(23-2)20(25-4)18(12-15)24-3/h5-8,11-12H,9-10,13H2,1-4H3,(H,21,22). The monoisotopic (exact) mass is 343 g/mol. The summed E-state index contributed by atoms with van der Waals surface area (Å²) in [7, 11) is 4.73. The van der Waals surface area contributed by atoms with Gasteiger partial charge in [0.2, 0.25) is 11.7 Å². The first-order valence-corrected chi connectivity index (χ1v) is 8.19. The Morgan fingerprint density at radius 1 is 1.00 bits per heavy atom. The van der Waals surface area contributed by atoms with Crippen LogP contribution in [0.15, 0.2) is 36.4 Å². The third-order valence-corrected chi connectivity index (χ3v) is 4.10. The van der Waals surface area contributed by atoms with E-state index in [2.05, 4.69) is 5.32 Å². The molecule has 25 heavy (non-hydrogen) atoms. The van der Waals surface area contributed by atoms with Crippen LogP contribution in [0.5, 0.6) is 17.2 Å². The van der Waals surface area contributed by atoms with Gasteiger partial charge < -0.3 is 19.5 Å². The molecule has 2 aromatic carbocycles. The van der Waals surface area contributed by atoms with Crippen molar-refractivity contribution in [1.82, 2.24) is 5.32 Å². The zero-order chi connectivity index (χ0) is 18.2. The van der Waals surface area contributed by atoms with Crippen molar-refractivity contribution in [2.24, 2.45) is 0 Å². The summed E-state index contributed by atoms with van der Waals surface area (Å²) in [6.45, 7) is 2.58. The highest BCUT2D eigenvalue weighted by Crippen LogP contribution is 2.38. The Morgan fingerprint density at radius 2 is 1.64 bits per heavy atom. The summed E-state index contributed by atoms with van der Waals surface area (Å²) in [5.74, 6) is 1.75. The first-order chi connectivity index (χ1) is 12.1. The molecule has 5 heteroatoms. The number of aryl methyl sites for hydroxylation is 2. The Morgan fingerprint density at radius 3 is 2.20 bits per heavy atom. The van der Waals surface area contributed by atoms with E-state index < -0.39 is 0 Å². The predicted octanol–water partition coefficient (Wildman–Crippen LogP) is 3.27. The lowest BCUT2D eigenvalue weighted by atomic mass is 10.1. The number of amides is 1. The summed E-state index contributed by atoms with van der Waals surface area (Å²) in [5, 5.41) is 2.96. The van der Waals surface area contributed by atoms with Gasteiger partial charge in [0, 0.05) is 13.0 Å². The van der Waals surface area contributed by atoms with Crippen molar-refractivity contribution in [1.29, 1.82) is 0 Å². The SMILES string of the molecule is COc1cc(CCC(=O)NCc2ccccc2C)cc(OC)c1OC. The lowest BCUT2D eigenvalue weighted by Crippen LogP contribution is -2.23. The molecular weight excluding hydrogens is 318 g/mol. The van der Waals surface area contributed by atoms with Gasteiger partial charge in [0.15, 0.2) is 11.5 Å². The molecule has 0 fully saturated rings. The molecule has 0 aliphatic carbocycles. The maximum atomic E-state index is 12.1. The Balaban J connectivity index is 1.96. The van der Waals surface area contributed by atoms with Crippen molar-refractivity contribution in [2.45, 2.75) is 26.3 Å². The number of benzene rings is 2. The smallest absolute Gasteiger partial charge is 0.220 e. The van der Waals surface area contributed by atoms with E-state index in [1.807, 2.05) is 43.3 Å². The minimum atomic E-state index is 0.0111. The van der Waals surface area contributed by atoms with Crippen LogP contribution in [0.4, 0.5) is 0 Å². The molecule has 0 unspecified atom stereocenters. The summed E-state index contributed by atoms with van der Waals surface area (Å²) in [5.41, 5.74) is 3.26. The Labute approximate surface area is 148 Å². The van der Waals surface area contributed by atoms with Gasteiger partial charge >= 0.3 is 0 Å². The van der Waals surface area contributed by atoms with Crippen LogP contribution in [0.1, 0.15) is 23.1 Å². The van der Waals surface area contributed by atoms with Gasteiger partial charge in [-0.25, -0.2) is 0 Å². The van der Waals surface area contributed by atoms with Crippen LogP contribution in [0.25, 0.3) is 0 Å². The molecule has 0 bridgehead atoms. The van der Waals surface area contributed by atoms with Gasteiger partial charge in [-0.15, -0.1) is 0 Å². The summed E-state index contributed by atoms with van der Waals surface area (Å²) in [6, 6.07) is 11.8. The molecule has 134 valence electrons. The van der Waals surface area contributed by atoms with Gasteiger partial charge in [-0.2, -0.15) is 0 Å². The van der Waals surface area contributed by atoms with Crippen molar-refractivity contribution in [3.8, 4) is 17.2 Å². The van der Waals surface area contributed by atoms with Gasteiger partial charge in [0.1, 0.15) is 0 Å². The minimum absolute atomic E-state index is 0.0111. The molecule has 0 radical (unpaired) electrons. The molecule has 0 aliphatic rings. The van der Waals surface area contributed by atoms with Crippen molar-refractivity contribution in [2.75, 3.05) is 21.3 Å². The van der Waals surface area contributed by atoms with E-state index in [4.69, 9.17) is 14.2 Å². The van der Waals surface area contributed by atoms with Crippen LogP contribution in [0.2, 0.25) is 0 Å². The lowest BCUT2D eigenvalue weighted by Gasteiger charge is -2.14. The largest absolute Gasteiger partial charge is 0.493 e. The van der Waals surface area contributed by atoms with Gasteiger partial charge in [0.25, 0.3) is 0 Å². The fourth-order valence-corrected chi connectivity index (χ4v) is 2.63. The molecule has 0 saturated heterocycles. The topological polar surface area (TPSA) is 56.8 Å². The fourth-order valence-electron chi connectivity index (χ4n) is 2.63. The van der Waals surface area contributed by atoms with Gasteiger partial charge in [-0.05, 0) is 42.2 Å². The van der Waals surface area contributed by atoms with Crippen molar-refractivity contribution < 1.29 is 19.0 Å². The summed E-state index contributed by atoms with van der Waals surface area (Å²) < 4.78 is 16.0. The summed E-state index contributed by atoms with van der Waals surface area (Å²) in [6.07, 6.45) is 0.987. The highest BCUT2D eigenvalue weighted by atomic mass is 16.5. The van der Waals surface area contributed by atoms with Crippen LogP contribution < -0.4 is 19.5 Å². The zero-order valence-corrected chi connectivity index (χ0v) is 15.2. The third-order valence-electron chi connectivity index (χ3n) is 4.10. The van der Waals surface area contributed by atoms with Crippen LogP contribution >= 0.6 is 0 Å². The molecular formula is C20H25NO4. The normalized spacial score (nSPS) is 10.2. The fraction of sp³-hybridized carbons (Fsp3) is 0.350. The number of carbonyl (C=O) groups is 1. The van der Waals surface area contributed by atoms with Crippen LogP contribution in [0, 0.1) is 6.92 Å². The molecule has 0 aliphatic heterocycles. The van der Waals surface area contributed by atoms with E-state index in [0.29, 0.717) is 36.6 Å². The summed E-state index contributed by atoms with van der Waals surface area (Å²) in [4.78, 5) is 12.1. The second-order valence-electron chi connectivity index (χ2n) is 5.74. The molecule has 2 rings (SSSR count). The Hall–Kier alpha value is -2.69. The second kappa shape index (κ2) is 8.97. The predicted molar refractivity (Wildman–Crippen MR) is 97.4 cm³/mol. The maximum Gasteiger partial charge on any atom is 0.220 e. The van der Waals surface area contributed by atoms with Gasteiger partial charge in [0.05, 0.1) is 21.3 Å². The third kappa shape index (κ3) is 4.89. The quantitative estimate of drug-likeness (QED) is 0.799. The van der Waals surface area contributed by atoms with Crippen molar-refractivity contribution >= 4 is 5.91 Å². The Kier molecular flexibility index (Phi) is 6.69. The Bertz CT molecular complexity index is 702. The van der Waals surface area contributed by atoms with E-state index in [-0.39, 0.29) is 5.91 Å². The van der Waals surface area contributed by atoms with E-state index >= 15 is 0 Å². The maximum absolute atomic E-state index is 12.1. The van der Waals surface area contributed by atoms with Gasteiger partial charge in [-0.1, -0.05) is 24.3 Å². The molecule has 0 aromatic heterocycles. The number of hydrogen-bond acceptors (Lipinski definition) is 4. The molecule has 5 nitrogen and oxygen atoms in total. The van der Waals surface area contributed by atoms with E-state index in [0.717, 1.165) is 11.1 Å². The molecule has 0 saturated carbocycles. The molecule has 0 spiro atoms. The molecule has 2 aromatic rings. The average molecular weight is 343 g/mol. The van der Waals surface area contributed by atoms with Crippen molar-refractivity contribution in [3.05, 3.63) is 53.1 Å². The summed E-state index contributed by atoms with van der Waals surface area (Å²) >= 11 is 0. The first kappa shape index (κ1) is 18.6. The highest BCUT2D eigenvalue weighted by Gasteiger charge is 2.13. The van der Waals surface area contributed by atoms with Crippen molar-refractivity contribution in [3.63, 3.8) is 0 Å². The molecule has 1 amide bonds. The number of ether oxygens (including phenoxy) is 3. The van der Waals surface area contributed by atoms with E-state index in [1.165, 1.54) is 5.56 Å². The number of rotatable bonds is 8. The number of nitrogens with one attached hydrogen (secondary N) is 1. The second-order valence-corrected chi connectivity index (χ2v) is 5.74. The minimum Gasteiger partial charge on any atom is -0.493 e. The first-order valence-electron chi connectivity index (χ1n) is 8.19.